The Balaban J connectivity index is 2.32. The smallest absolute Gasteiger partial charge is 0.244 e. The summed E-state index contributed by atoms with van der Waals surface area (Å²) in [7, 11) is -1.47. The van der Waals surface area contributed by atoms with Gasteiger partial charge in [-0.1, -0.05) is 13.8 Å². The second kappa shape index (κ2) is 6.13. The second-order valence-electron chi connectivity index (χ2n) is 5.86. The molecule has 114 valence electrons. The highest BCUT2D eigenvalue weighted by Crippen LogP contribution is 2.35. The number of hydrogen-bond acceptors (Lipinski definition) is 4. The lowest BCUT2D eigenvalue weighted by Gasteiger charge is -2.23. The molecule has 0 radical (unpaired) electrons. The van der Waals surface area contributed by atoms with Gasteiger partial charge in [0, 0.05) is 28.9 Å². The maximum atomic E-state index is 12.9. The first kappa shape index (κ1) is 15.9. The molecule has 0 spiro atoms. The molecule has 1 aliphatic rings. The van der Waals surface area contributed by atoms with Crippen LogP contribution in [0.4, 0.5) is 0 Å². The number of thiophene rings is 1. The fraction of sp³-hybridized carbons (Fsp3) is 0.714. The minimum absolute atomic E-state index is 0.217. The van der Waals surface area contributed by atoms with E-state index in [1.807, 2.05) is 20.0 Å². The predicted octanol–water partition coefficient (Wildman–Crippen LogP) is 2.59. The van der Waals surface area contributed by atoms with Crippen LogP contribution in [-0.2, 0) is 16.6 Å². The summed E-state index contributed by atoms with van der Waals surface area (Å²) in [5.41, 5.74) is 0. The molecule has 20 heavy (non-hydrogen) atoms. The van der Waals surface area contributed by atoms with E-state index in [0.717, 1.165) is 22.6 Å². The molecule has 1 heterocycles. The molecular formula is C14H24N2O2S2. The van der Waals surface area contributed by atoms with Crippen LogP contribution >= 0.6 is 11.3 Å². The van der Waals surface area contributed by atoms with E-state index in [1.165, 1.54) is 0 Å². The van der Waals surface area contributed by atoms with Gasteiger partial charge in [0.25, 0.3) is 0 Å². The molecule has 4 nitrogen and oxygen atoms in total. The molecule has 0 aromatic carbocycles. The molecule has 1 saturated carbocycles. The van der Waals surface area contributed by atoms with Crippen LogP contribution in [0.2, 0.25) is 0 Å². The predicted molar refractivity (Wildman–Crippen MR) is 83.6 cm³/mol. The van der Waals surface area contributed by atoms with Gasteiger partial charge in [0.05, 0.1) is 4.90 Å². The van der Waals surface area contributed by atoms with Gasteiger partial charge in [0.1, 0.15) is 0 Å². The zero-order chi connectivity index (χ0) is 14.9. The van der Waals surface area contributed by atoms with Crippen LogP contribution in [0.3, 0.4) is 0 Å². The van der Waals surface area contributed by atoms with Crippen molar-refractivity contribution in [2.75, 3.05) is 13.6 Å². The average molecular weight is 316 g/mol. The first-order valence-corrected chi connectivity index (χ1v) is 9.37. The van der Waals surface area contributed by atoms with Gasteiger partial charge in [-0.05, 0) is 38.8 Å². The minimum atomic E-state index is -3.35. The lowest BCUT2D eigenvalue weighted by atomic mass is 10.2. The molecular weight excluding hydrogens is 292 g/mol. The number of rotatable bonds is 7. The summed E-state index contributed by atoms with van der Waals surface area (Å²) < 4.78 is 27.5. The number of aryl methyl sites for hydroxylation is 1. The summed E-state index contributed by atoms with van der Waals surface area (Å²) in [6.07, 6.45) is 2.00. The maximum Gasteiger partial charge on any atom is 0.244 e. The molecule has 0 saturated heterocycles. The van der Waals surface area contributed by atoms with Gasteiger partial charge in [-0.3, -0.25) is 0 Å². The van der Waals surface area contributed by atoms with Crippen LogP contribution in [0.5, 0.6) is 0 Å². The summed E-state index contributed by atoms with van der Waals surface area (Å²) in [6.45, 7) is 7.37. The van der Waals surface area contributed by atoms with Gasteiger partial charge >= 0.3 is 0 Å². The van der Waals surface area contributed by atoms with Crippen molar-refractivity contribution in [2.45, 2.75) is 51.1 Å². The molecule has 2 rings (SSSR count). The number of sulfonamides is 1. The zero-order valence-electron chi connectivity index (χ0n) is 12.6. The van der Waals surface area contributed by atoms with Gasteiger partial charge in [0.2, 0.25) is 10.0 Å². The van der Waals surface area contributed by atoms with Gasteiger partial charge in [-0.15, -0.1) is 11.3 Å². The average Bonchev–Trinajstić information content (AvgIpc) is 3.10. The van der Waals surface area contributed by atoms with Crippen molar-refractivity contribution in [3.05, 3.63) is 15.8 Å². The van der Waals surface area contributed by atoms with Crippen molar-refractivity contribution >= 4 is 21.4 Å². The zero-order valence-corrected chi connectivity index (χ0v) is 14.3. The summed E-state index contributed by atoms with van der Waals surface area (Å²) in [5, 5.41) is 3.07. The van der Waals surface area contributed by atoms with Crippen molar-refractivity contribution in [2.24, 2.45) is 5.92 Å². The Kier molecular flexibility index (Phi) is 4.89. The summed E-state index contributed by atoms with van der Waals surface area (Å²) >= 11 is 1.57. The SMILES string of the molecule is CNCc1cc(S(=O)(=O)N(CC(C)C)C2CC2)c(C)s1. The summed E-state index contributed by atoms with van der Waals surface area (Å²) in [4.78, 5) is 2.47. The molecule has 1 aromatic heterocycles. The van der Waals surface area contributed by atoms with E-state index in [2.05, 4.69) is 19.2 Å². The molecule has 0 amide bonds. The van der Waals surface area contributed by atoms with Gasteiger partial charge in [0.15, 0.2) is 0 Å². The number of nitrogens with one attached hydrogen (secondary N) is 1. The third-order valence-corrected chi connectivity index (χ3v) is 6.58. The van der Waals surface area contributed by atoms with Crippen LogP contribution in [0.25, 0.3) is 0 Å². The Bertz CT molecular complexity index is 560. The fourth-order valence-electron chi connectivity index (χ4n) is 2.33. The molecule has 0 bridgehead atoms. The minimum Gasteiger partial charge on any atom is -0.315 e. The highest BCUT2D eigenvalue weighted by Gasteiger charge is 2.39. The maximum absolute atomic E-state index is 12.9. The molecule has 0 atom stereocenters. The topological polar surface area (TPSA) is 49.4 Å². The quantitative estimate of drug-likeness (QED) is 0.841. The van der Waals surface area contributed by atoms with E-state index in [-0.39, 0.29) is 6.04 Å². The van der Waals surface area contributed by atoms with E-state index in [9.17, 15) is 8.42 Å². The van der Waals surface area contributed by atoms with Crippen molar-refractivity contribution in [3.8, 4) is 0 Å². The van der Waals surface area contributed by atoms with Crippen LogP contribution in [0.1, 0.15) is 36.4 Å². The molecule has 1 N–H and O–H groups in total. The Morgan fingerprint density at radius 2 is 2.10 bits per heavy atom. The molecule has 1 aliphatic carbocycles. The summed E-state index contributed by atoms with van der Waals surface area (Å²) in [5.74, 6) is 0.348. The molecule has 1 aromatic rings. The number of nitrogens with zero attached hydrogens (tertiary/aromatic N) is 1. The Morgan fingerprint density at radius 3 is 2.60 bits per heavy atom. The van der Waals surface area contributed by atoms with E-state index in [0.29, 0.717) is 23.9 Å². The molecule has 6 heteroatoms. The first-order chi connectivity index (χ1) is 9.36. The second-order valence-corrected chi connectivity index (χ2v) is 9.06. The van der Waals surface area contributed by atoms with E-state index >= 15 is 0 Å². The van der Waals surface area contributed by atoms with Crippen LogP contribution in [-0.4, -0.2) is 32.4 Å². The Morgan fingerprint density at radius 1 is 1.45 bits per heavy atom. The molecule has 0 unspecified atom stereocenters. The number of hydrogen-bond donors (Lipinski definition) is 1. The Hall–Kier alpha value is -0.430. The van der Waals surface area contributed by atoms with E-state index < -0.39 is 10.0 Å². The van der Waals surface area contributed by atoms with Crippen LogP contribution < -0.4 is 5.32 Å². The van der Waals surface area contributed by atoms with Crippen molar-refractivity contribution < 1.29 is 8.42 Å². The van der Waals surface area contributed by atoms with Gasteiger partial charge in [-0.2, -0.15) is 4.31 Å². The van der Waals surface area contributed by atoms with Crippen LogP contribution in [0.15, 0.2) is 11.0 Å². The fourth-order valence-corrected chi connectivity index (χ4v) is 5.80. The Labute approximate surface area is 126 Å². The highest BCUT2D eigenvalue weighted by atomic mass is 32.2. The monoisotopic (exact) mass is 316 g/mol. The first-order valence-electron chi connectivity index (χ1n) is 7.12. The summed E-state index contributed by atoms with van der Waals surface area (Å²) in [6, 6.07) is 2.05. The van der Waals surface area contributed by atoms with E-state index in [1.54, 1.807) is 15.6 Å². The van der Waals surface area contributed by atoms with Crippen LogP contribution in [0, 0.1) is 12.8 Å². The highest BCUT2D eigenvalue weighted by molar-refractivity contribution is 7.89. The van der Waals surface area contributed by atoms with Crippen molar-refractivity contribution in [3.63, 3.8) is 0 Å². The van der Waals surface area contributed by atoms with Crippen molar-refractivity contribution in [1.82, 2.24) is 9.62 Å². The molecule has 1 fully saturated rings. The van der Waals surface area contributed by atoms with Crippen molar-refractivity contribution in [1.29, 1.82) is 0 Å². The normalized spacial score (nSPS) is 16.3. The van der Waals surface area contributed by atoms with Gasteiger partial charge < -0.3 is 5.32 Å². The third kappa shape index (κ3) is 3.42. The van der Waals surface area contributed by atoms with Gasteiger partial charge in [-0.25, -0.2) is 8.42 Å². The lowest BCUT2D eigenvalue weighted by molar-refractivity contribution is 0.360. The largest absolute Gasteiger partial charge is 0.315 e. The molecule has 0 aliphatic heterocycles. The standard InChI is InChI=1S/C14H24N2O2S2/c1-10(2)9-16(12-5-6-12)20(17,18)14-7-13(8-15-4)19-11(14)3/h7,10,12,15H,5-6,8-9H2,1-4H3. The lowest BCUT2D eigenvalue weighted by Crippen LogP contribution is -2.36. The van der Waals surface area contributed by atoms with E-state index in [4.69, 9.17) is 0 Å². The third-order valence-electron chi connectivity index (χ3n) is 3.36.